The van der Waals surface area contributed by atoms with E-state index in [9.17, 15) is 13.6 Å². The lowest BCUT2D eigenvalue weighted by atomic mass is 10.3. The summed E-state index contributed by atoms with van der Waals surface area (Å²) in [7, 11) is 0. The topological polar surface area (TPSA) is 26.3 Å². The van der Waals surface area contributed by atoms with E-state index in [1.807, 2.05) is 0 Å². The molecule has 0 aliphatic carbocycles. The molecule has 5 heteroatoms. The van der Waals surface area contributed by atoms with Gasteiger partial charge in [-0.2, -0.15) is 0 Å². The fourth-order valence-electron chi connectivity index (χ4n) is 0.746. The number of alkyl halides is 1. The molecular formula is C8H5BrF2O2. The van der Waals surface area contributed by atoms with Crippen LogP contribution in [-0.2, 0) is 4.79 Å². The van der Waals surface area contributed by atoms with Crippen LogP contribution in [0.4, 0.5) is 8.78 Å². The van der Waals surface area contributed by atoms with E-state index in [1.54, 1.807) is 0 Å². The first-order valence-corrected chi connectivity index (χ1v) is 4.46. The largest absolute Gasteiger partial charge is 0.426 e. The number of rotatable bonds is 2. The predicted octanol–water partition coefficient (Wildman–Crippen LogP) is 2.27. The van der Waals surface area contributed by atoms with Crippen LogP contribution >= 0.6 is 15.9 Å². The highest BCUT2D eigenvalue weighted by Crippen LogP contribution is 2.15. The highest BCUT2D eigenvalue weighted by Gasteiger charge is 2.05. The van der Waals surface area contributed by atoms with Gasteiger partial charge in [-0.05, 0) is 0 Å². The van der Waals surface area contributed by atoms with Crippen molar-refractivity contribution in [3.8, 4) is 5.75 Å². The third kappa shape index (κ3) is 3.10. The van der Waals surface area contributed by atoms with Gasteiger partial charge in [0.25, 0.3) is 0 Å². The Balaban J connectivity index is 2.83. The number of carbonyl (C=O) groups excluding carboxylic acids is 1. The molecule has 1 aromatic rings. The highest BCUT2D eigenvalue weighted by atomic mass is 79.9. The zero-order chi connectivity index (χ0) is 9.84. The molecular weight excluding hydrogens is 246 g/mol. The molecule has 13 heavy (non-hydrogen) atoms. The van der Waals surface area contributed by atoms with Gasteiger partial charge in [-0.1, -0.05) is 15.9 Å². The Morgan fingerprint density at radius 1 is 1.31 bits per heavy atom. The lowest BCUT2D eigenvalue weighted by Crippen LogP contribution is -2.08. The molecule has 0 bridgehead atoms. The standard InChI is InChI=1S/C8H5BrF2O2/c9-4-8(12)13-7-2-5(10)1-6(11)3-7/h1-3H,4H2. The lowest BCUT2D eigenvalue weighted by molar-refractivity contribution is -0.131. The van der Waals surface area contributed by atoms with Gasteiger partial charge in [-0.15, -0.1) is 0 Å². The Hall–Kier alpha value is -0.970. The van der Waals surface area contributed by atoms with Crippen LogP contribution in [0.3, 0.4) is 0 Å². The van der Waals surface area contributed by atoms with Crippen molar-refractivity contribution in [3.63, 3.8) is 0 Å². The van der Waals surface area contributed by atoms with Crippen molar-refractivity contribution >= 4 is 21.9 Å². The smallest absolute Gasteiger partial charge is 0.321 e. The first kappa shape index (κ1) is 10.1. The van der Waals surface area contributed by atoms with Crippen molar-refractivity contribution < 1.29 is 18.3 Å². The summed E-state index contributed by atoms with van der Waals surface area (Å²) in [5.74, 6) is -2.30. The molecule has 0 atom stereocenters. The quantitative estimate of drug-likeness (QED) is 0.458. The molecule has 0 saturated carbocycles. The summed E-state index contributed by atoms with van der Waals surface area (Å²) in [5.41, 5.74) is 0. The molecule has 1 aromatic carbocycles. The Morgan fingerprint density at radius 2 is 1.85 bits per heavy atom. The Bertz CT molecular complexity index is 308. The number of hydrogen-bond donors (Lipinski definition) is 0. The summed E-state index contributed by atoms with van der Waals surface area (Å²) < 4.78 is 29.6. The van der Waals surface area contributed by atoms with E-state index in [0.717, 1.165) is 12.1 Å². The summed E-state index contributed by atoms with van der Waals surface area (Å²) in [6, 6.07) is 2.57. The molecule has 0 spiro atoms. The average molecular weight is 251 g/mol. The maximum absolute atomic E-state index is 12.5. The number of esters is 1. The summed E-state index contributed by atoms with van der Waals surface area (Å²) >= 11 is 2.85. The van der Waals surface area contributed by atoms with Gasteiger partial charge in [0.05, 0.1) is 0 Å². The van der Waals surface area contributed by atoms with Crippen molar-refractivity contribution in [1.29, 1.82) is 0 Å². The fourth-order valence-corrected chi connectivity index (χ4v) is 0.861. The van der Waals surface area contributed by atoms with E-state index in [0.29, 0.717) is 6.07 Å². The molecule has 0 heterocycles. The second-order valence-electron chi connectivity index (χ2n) is 2.21. The first-order chi connectivity index (χ1) is 6.11. The molecule has 0 saturated heterocycles. The predicted molar refractivity (Wildman–Crippen MR) is 45.8 cm³/mol. The molecule has 0 amide bonds. The van der Waals surface area contributed by atoms with Gasteiger partial charge < -0.3 is 4.74 Å². The van der Waals surface area contributed by atoms with Gasteiger partial charge in [0.2, 0.25) is 0 Å². The lowest BCUT2D eigenvalue weighted by Gasteiger charge is -2.01. The minimum atomic E-state index is -0.780. The van der Waals surface area contributed by atoms with E-state index in [4.69, 9.17) is 0 Å². The first-order valence-electron chi connectivity index (χ1n) is 3.34. The fraction of sp³-hybridized carbons (Fsp3) is 0.125. The maximum Gasteiger partial charge on any atom is 0.321 e. The van der Waals surface area contributed by atoms with Crippen LogP contribution in [0.15, 0.2) is 18.2 Å². The number of hydrogen-bond acceptors (Lipinski definition) is 2. The van der Waals surface area contributed by atoms with E-state index in [-0.39, 0.29) is 11.1 Å². The second kappa shape index (κ2) is 4.32. The van der Waals surface area contributed by atoms with Crippen LogP contribution in [0.5, 0.6) is 5.75 Å². The summed E-state index contributed by atoms with van der Waals surface area (Å²) in [6.45, 7) is 0. The van der Waals surface area contributed by atoms with Crippen LogP contribution in [0.2, 0.25) is 0 Å². The number of ether oxygens (including phenoxy) is 1. The molecule has 0 aromatic heterocycles. The van der Waals surface area contributed by atoms with Crippen molar-refractivity contribution in [2.75, 3.05) is 5.33 Å². The highest BCUT2D eigenvalue weighted by molar-refractivity contribution is 9.09. The van der Waals surface area contributed by atoms with E-state index in [2.05, 4.69) is 20.7 Å². The van der Waals surface area contributed by atoms with Crippen molar-refractivity contribution in [3.05, 3.63) is 29.8 Å². The normalized spacial score (nSPS) is 9.77. The third-order valence-electron chi connectivity index (χ3n) is 1.18. The van der Waals surface area contributed by atoms with Crippen LogP contribution in [-0.4, -0.2) is 11.3 Å². The molecule has 2 nitrogen and oxygen atoms in total. The Morgan fingerprint density at radius 3 is 2.31 bits per heavy atom. The van der Waals surface area contributed by atoms with E-state index in [1.165, 1.54) is 0 Å². The van der Waals surface area contributed by atoms with Crippen molar-refractivity contribution in [2.45, 2.75) is 0 Å². The molecule has 0 aliphatic heterocycles. The van der Waals surface area contributed by atoms with Gasteiger partial charge in [0.1, 0.15) is 22.7 Å². The number of halogens is 3. The molecule has 0 unspecified atom stereocenters. The molecule has 1 rings (SSSR count). The van der Waals surface area contributed by atoms with Crippen LogP contribution in [0, 0.1) is 11.6 Å². The van der Waals surface area contributed by atoms with E-state index < -0.39 is 17.6 Å². The maximum atomic E-state index is 12.5. The van der Waals surface area contributed by atoms with E-state index >= 15 is 0 Å². The van der Waals surface area contributed by atoms with Gasteiger partial charge >= 0.3 is 5.97 Å². The molecule has 0 fully saturated rings. The molecule has 0 N–H and O–H groups in total. The van der Waals surface area contributed by atoms with Crippen molar-refractivity contribution in [2.24, 2.45) is 0 Å². The SMILES string of the molecule is O=C(CBr)Oc1cc(F)cc(F)c1. The Labute approximate surface area is 81.6 Å². The van der Waals surface area contributed by atoms with Crippen molar-refractivity contribution in [1.82, 2.24) is 0 Å². The third-order valence-corrected chi connectivity index (χ3v) is 1.63. The summed E-state index contributed by atoms with van der Waals surface area (Å²) in [4.78, 5) is 10.7. The van der Waals surface area contributed by atoms with Gasteiger partial charge in [-0.25, -0.2) is 8.78 Å². The minimum Gasteiger partial charge on any atom is -0.426 e. The van der Waals surface area contributed by atoms with Gasteiger partial charge in [0, 0.05) is 18.2 Å². The molecule has 0 aliphatic rings. The zero-order valence-electron chi connectivity index (χ0n) is 6.39. The Kier molecular flexibility index (Phi) is 3.36. The average Bonchev–Trinajstić information content (AvgIpc) is 2.02. The molecule has 70 valence electrons. The number of carbonyl (C=O) groups is 1. The minimum absolute atomic E-state index is 0.0227. The second-order valence-corrected chi connectivity index (χ2v) is 2.77. The zero-order valence-corrected chi connectivity index (χ0v) is 7.98. The monoisotopic (exact) mass is 250 g/mol. The van der Waals surface area contributed by atoms with Crippen LogP contribution in [0.25, 0.3) is 0 Å². The summed E-state index contributed by atoms with van der Waals surface area (Å²) in [6.07, 6.45) is 0. The van der Waals surface area contributed by atoms with Gasteiger partial charge in [-0.3, -0.25) is 4.79 Å². The van der Waals surface area contributed by atoms with Crippen LogP contribution < -0.4 is 4.74 Å². The van der Waals surface area contributed by atoms with Gasteiger partial charge in [0.15, 0.2) is 0 Å². The van der Waals surface area contributed by atoms with Crippen LogP contribution in [0.1, 0.15) is 0 Å². The number of benzene rings is 1. The molecule has 0 radical (unpaired) electrons. The summed E-state index contributed by atoms with van der Waals surface area (Å²) in [5, 5.41) is -0.0227.